The number of aliphatic hydroxyl groups excluding tert-OH is 1. The van der Waals surface area contributed by atoms with E-state index in [0.29, 0.717) is 19.4 Å². The van der Waals surface area contributed by atoms with E-state index in [0.717, 1.165) is 0 Å². The molecule has 0 spiro atoms. The first kappa shape index (κ1) is 29.2. The minimum atomic E-state index is -1.53. The van der Waals surface area contributed by atoms with Crippen LogP contribution in [-0.2, 0) is 24.0 Å². The van der Waals surface area contributed by atoms with E-state index in [-0.39, 0.29) is 19.3 Å². The molecule has 0 aliphatic heterocycles. The van der Waals surface area contributed by atoms with E-state index in [1.807, 2.05) is 0 Å². The highest BCUT2D eigenvalue weighted by Gasteiger charge is 2.31. The lowest BCUT2D eigenvalue weighted by Crippen LogP contribution is -2.58. The first-order chi connectivity index (χ1) is 14.9. The number of hydrogen-bond acceptors (Lipinski definition) is 8. The zero-order chi connectivity index (χ0) is 24.8. The van der Waals surface area contributed by atoms with Gasteiger partial charge in [0.05, 0.1) is 12.6 Å². The van der Waals surface area contributed by atoms with Crippen LogP contribution in [0.2, 0.25) is 0 Å². The standard InChI is InChI=1S/C19H35N5O8/c1-10(2)15(18(30)23-13(9-25)19(31)32)24-17(29)12(5-3-4-8-20)22-16(28)11(21)6-7-14(26)27/h10-13,15,25H,3-9,20-21H2,1-2H3,(H,22,28)(H,23,30)(H,24,29)(H,26,27)(H,31,32). The largest absolute Gasteiger partial charge is 0.481 e. The Morgan fingerprint density at radius 1 is 0.844 bits per heavy atom. The van der Waals surface area contributed by atoms with Gasteiger partial charge in [-0.05, 0) is 38.1 Å². The van der Waals surface area contributed by atoms with Gasteiger partial charge in [-0.15, -0.1) is 0 Å². The molecule has 0 aliphatic rings. The molecule has 13 nitrogen and oxygen atoms in total. The molecule has 0 fully saturated rings. The van der Waals surface area contributed by atoms with Crippen LogP contribution in [0, 0.1) is 5.92 Å². The molecule has 4 atom stereocenters. The highest BCUT2D eigenvalue weighted by Crippen LogP contribution is 2.07. The number of amides is 3. The van der Waals surface area contributed by atoms with E-state index in [4.69, 9.17) is 26.8 Å². The third-order valence-corrected chi connectivity index (χ3v) is 4.63. The van der Waals surface area contributed by atoms with Gasteiger partial charge < -0.3 is 42.7 Å². The molecule has 0 heterocycles. The third-order valence-electron chi connectivity index (χ3n) is 4.63. The fourth-order valence-corrected chi connectivity index (χ4v) is 2.69. The number of aliphatic carboxylic acids is 2. The average Bonchev–Trinajstić information content (AvgIpc) is 2.72. The second-order valence-electron chi connectivity index (χ2n) is 7.70. The van der Waals surface area contributed by atoms with Gasteiger partial charge in [-0.3, -0.25) is 19.2 Å². The van der Waals surface area contributed by atoms with Crippen molar-refractivity contribution in [2.45, 2.75) is 70.1 Å². The van der Waals surface area contributed by atoms with Crippen molar-refractivity contribution in [2.75, 3.05) is 13.2 Å². The van der Waals surface area contributed by atoms with E-state index in [9.17, 15) is 24.0 Å². The normalized spacial score (nSPS) is 14.7. The molecule has 0 radical (unpaired) electrons. The number of nitrogens with two attached hydrogens (primary N) is 2. The van der Waals surface area contributed by atoms with Crippen molar-refractivity contribution in [1.82, 2.24) is 16.0 Å². The number of nitrogens with one attached hydrogen (secondary N) is 3. The molecule has 0 saturated heterocycles. The van der Waals surface area contributed by atoms with Crippen LogP contribution in [0.1, 0.15) is 46.0 Å². The first-order valence-corrected chi connectivity index (χ1v) is 10.4. The van der Waals surface area contributed by atoms with Crippen LogP contribution in [-0.4, -0.2) is 82.3 Å². The number of hydrogen-bond donors (Lipinski definition) is 8. The Morgan fingerprint density at radius 2 is 1.44 bits per heavy atom. The summed E-state index contributed by atoms with van der Waals surface area (Å²) in [5.41, 5.74) is 11.2. The van der Waals surface area contributed by atoms with Crippen LogP contribution >= 0.6 is 0 Å². The predicted octanol–water partition coefficient (Wildman–Crippen LogP) is -2.51. The van der Waals surface area contributed by atoms with E-state index < -0.39 is 66.4 Å². The molecule has 0 aliphatic carbocycles. The van der Waals surface area contributed by atoms with Gasteiger partial charge in [0.15, 0.2) is 0 Å². The lowest BCUT2D eigenvalue weighted by molar-refractivity contribution is -0.143. The second kappa shape index (κ2) is 15.1. The number of carbonyl (C=O) groups excluding carboxylic acids is 3. The summed E-state index contributed by atoms with van der Waals surface area (Å²) in [5.74, 6) is -5.19. The van der Waals surface area contributed by atoms with E-state index in [1.54, 1.807) is 13.8 Å². The Hall–Kier alpha value is -2.77. The Bertz CT molecular complexity index is 658. The molecule has 0 bridgehead atoms. The molecule has 10 N–H and O–H groups in total. The molecule has 184 valence electrons. The maximum atomic E-state index is 12.8. The number of rotatable bonds is 16. The average molecular weight is 462 g/mol. The van der Waals surface area contributed by atoms with Crippen molar-refractivity contribution in [3.63, 3.8) is 0 Å². The Kier molecular flexibility index (Phi) is 13.8. The molecule has 13 heteroatoms. The van der Waals surface area contributed by atoms with Gasteiger partial charge in [0.2, 0.25) is 17.7 Å². The summed E-state index contributed by atoms with van der Waals surface area (Å²) < 4.78 is 0. The first-order valence-electron chi connectivity index (χ1n) is 10.4. The van der Waals surface area contributed by atoms with Gasteiger partial charge in [0, 0.05) is 6.42 Å². The van der Waals surface area contributed by atoms with Crippen LogP contribution in [0.25, 0.3) is 0 Å². The summed E-state index contributed by atoms with van der Waals surface area (Å²) in [6.45, 7) is 2.80. The fraction of sp³-hybridized carbons (Fsp3) is 0.737. The van der Waals surface area contributed by atoms with Crippen molar-refractivity contribution in [3.05, 3.63) is 0 Å². The quantitative estimate of drug-likeness (QED) is 0.112. The number of unbranched alkanes of at least 4 members (excludes halogenated alkanes) is 1. The van der Waals surface area contributed by atoms with Gasteiger partial charge >= 0.3 is 11.9 Å². The third kappa shape index (κ3) is 11.0. The number of aliphatic hydroxyl groups is 1. The van der Waals surface area contributed by atoms with Crippen LogP contribution in [0.15, 0.2) is 0 Å². The zero-order valence-electron chi connectivity index (χ0n) is 18.4. The van der Waals surface area contributed by atoms with E-state index in [2.05, 4.69) is 16.0 Å². The molecule has 3 amide bonds. The lowest BCUT2D eigenvalue weighted by atomic mass is 10.0. The summed E-state index contributed by atoms with van der Waals surface area (Å²) in [6, 6.07) is -4.87. The predicted molar refractivity (Wildman–Crippen MR) is 113 cm³/mol. The highest BCUT2D eigenvalue weighted by molar-refractivity contribution is 5.94. The van der Waals surface area contributed by atoms with Gasteiger partial charge in [0.1, 0.15) is 18.1 Å². The molecular weight excluding hydrogens is 426 g/mol. The molecule has 0 rings (SSSR count). The van der Waals surface area contributed by atoms with Crippen LogP contribution in [0.3, 0.4) is 0 Å². The highest BCUT2D eigenvalue weighted by atomic mass is 16.4. The molecular formula is C19H35N5O8. The van der Waals surface area contributed by atoms with E-state index >= 15 is 0 Å². The van der Waals surface area contributed by atoms with Crippen LogP contribution in [0.5, 0.6) is 0 Å². The molecule has 32 heavy (non-hydrogen) atoms. The topological polar surface area (TPSA) is 234 Å². The maximum Gasteiger partial charge on any atom is 0.328 e. The second-order valence-corrected chi connectivity index (χ2v) is 7.70. The van der Waals surface area contributed by atoms with E-state index in [1.165, 1.54) is 0 Å². The summed E-state index contributed by atoms with van der Waals surface area (Å²) in [7, 11) is 0. The van der Waals surface area contributed by atoms with Gasteiger partial charge in [0.25, 0.3) is 0 Å². The van der Waals surface area contributed by atoms with Gasteiger partial charge in [-0.2, -0.15) is 0 Å². The summed E-state index contributed by atoms with van der Waals surface area (Å²) in [6.07, 6.45) is 0.830. The Balaban J connectivity index is 5.32. The van der Waals surface area contributed by atoms with Gasteiger partial charge in [-0.1, -0.05) is 13.8 Å². The maximum absolute atomic E-state index is 12.8. The number of carboxylic acid groups (broad SMARTS) is 2. The molecule has 0 saturated carbocycles. The minimum Gasteiger partial charge on any atom is -0.481 e. The minimum absolute atomic E-state index is 0.118. The fourth-order valence-electron chi connectivity index (χ4n) is 2.69. The van der Waals surface area contributed by atoms with Crippen molar-refractivity contribution < 1.29 is 39.3 Å². The summed E-state index contributed by atoms with van der Waals surface area (Å²) in [5, 5.41) is 33.9. The lowest BCUT2D eigenvalue weighted by Gasteiger charge is -2.27. The van der Waals surface area contributed by atoms with Crippen molar-refractivity contribution in [1.29, 1.82) is 0 Å². The monoisotopic (exact) mass is 461 g/mol. The van der Waals surface area contributed by atoms with Crippen molar-refractivity contribution in [2.24, 2.45) is 17.4 Å². The van der Waals surface area contributed by atoms with Crippen molar-refractivity contribution in [3.8, 4) is 0 Å². The van der Waals surface area contributed by atoms with Crippen molar-refractivity contribution >= 4 is 29.7 Å². The SMILES string of the molecule is CC(C)C(NC(=O)C(CCCCN)NC(=O)C(N)CCC(=O)O)C(=O)NC(CO)C(=O)O. The van der Waals surface area contributed by atoms with Crippen LogP contribution < -0.4 is 27.4 Å². The molecule has 0 aromatic heterocycles. The van der Waals surface area contributed by atoms with Gasteiger partial charge in [-0.25, -0.2) is 4.79 Å². The van der Waals surface area contributed by atoms with Crippen LogP contribution in [0.4, 0.5) is 0 Å². The summed E-state index contributed by atoms with van der Waals surface area (Å²) >= 11 is 0. The number of carboxylic acids is 2. The Labute approximate surface area is 186 Å². The smallest absolute Gasteiger partial charge is 0.328 e. The molecule has 0 aromatic rings. The summed E-state index contributed by atoms with van der Waals surface area (Å²) in [4.78, 5) is 59.3. The molecule has 4 unspecified atom stereocenters. The number of carbonyl (C=O) groups is 5. The Morgan fingerprint density at radius 3 is 1.91 bits per heavy atom. The zero-order valence-corrected chi connectivity index (χ0v) is 18.4. The molecule has 0 aromatic carbocycles.